The van der Waals surface area contributed by atoms with Gasteiger partial charge in [-0.15, -0.1) is 23.5 Å². The summed E-state index contributed by atoms with van der Waals surface area (Å²) in [5.74, 6) is 0. The second-order valence-electron chi connectivity index (χ2n) is 3.17. The molecule has 0 radical (unpaired) electrons. The number of benzene rings is 1. The molecule has 0 bridgehead atoms. The Morgan fingerprint density at radius 3 is 2.53 bits per heavy atom. The lowest BCUT2D eigenvalue weighted by atomic mass is 10.1. The van der Waals surface area contributed by atoms with Gasteiger partial charge >= 0.3 is 0 Å². The van der Waals surface area contributed by atoms with Crippen molar-refractivity contribution in [2.75, 3.05) is 26.1 Å². The number of hydrogen-bond acceptors (Lipinski definition) is 3. The van der Waals surface area contributed by atoms with Gasteiger partial charge in [0, 0.05) is 9.79 Å². The molecule has 1 N–H and O–H groups in total. The van der Waals surface area contributed by atoms with E-state index < -0.39 is 0 Å². The first-order chi connectivity index (χ1) is 7.22. The van der Waals surface area contributed by atoms with Crippen LogP contribution in [0.2, 0.25) is 5.02 Å². The summed E-state index contributed by atoms with van der Waals surface area (Å²) in [6, 6.07) is 4.31. The summed E-state index contributed by atoms with van der Waals surface area (Å²) in [5, 5.41) is 4.02. The highest BCUT2D eigenvalue weighted by Gasteiger charge is 2.07. The molecule has 15 heavy (non-hydrogen) atoms. The maximum atomic E-state index is 6.24. The number of nitrogens with one attached hydrogen (secondary N) is 1. The van der Waals surface area contributed by atoms with E-state index in [2.05, 4.69) is 30.0 Å². The van der Waals surface area contributed by atoms with Gasteiger partial charge in [0.05, 0.1) is 5.02 Å². The lowest BCUT2D eigenvalue weighted by Gasteiger charge is -2.10. The van der Waals surface area contributed by atoms with E-state index in [0.29, 0.717) is 0 Å². The molecule has 0 aliphatic heterocycles. The van der Waals surface area contributed by atoms with Gasteiger partial charge in [-0.25, -0.2) is 0 Å². The van der Waals surface area contributed by atoms with Crippen molar-refractivity contribution >= 4 is 35.1 Å². The van der Waals surface area contributed by atoms with E-state index in [9.17, 15) is 0 Å². The second-order valence-corrected chi connectivity index (χ2v) is 5.24. The highest BCUT2D eigenvalue weighted by atomic mass is 35.5. The lowest BCUT2D eigenvalue weighted by molar-refractivity contribution is 0.789. The standard InChI is InChI=1S/C11H16ClNS2/c1-13-5-4-8-6-9(12)11(15-3)10(7-8)14-2/h6-7,13H,4-5H2,1-3H3. The van der Waals surface area contributed by atoms with Crippen LogP contribution in [0.5, 0.6) is 0 Å². The van der Waals surface area contributed by atoms with Crippen LogP contribution < -0.4 is 5.32 Å². The van der Waals surface area contributed by atoms with Gasteiger partial charge in [0.1, 0.15) is 0 Å². The molecule has 0 atom stereocenters. The maximum Gasteiger partial charge on any atom is 0.0555 e. The highest BCUT2D eigenvalue weighted by molar-refractivity contribution is 8.01. The Hall–Kier alpha value is 0.170. The molecule has 1 nitrogen and oxygen atoms in total. The largest absolute Gasteiger partial charge is 0.319 e. The molecular formula is C11H16ClNS2. The zero-order valence-corrected chi connectivity index (χ0v) is 11.7. The maximum absolute atomic E-state index is 6.24. The van der Waals surface area contributed by atoms with Crippen molar-refractivity contribution in [3.8, 4) is 0 Å². The fraction of sp³-hybridized carbons (Fsp3) is 0.455. The van der Waals surface area contributed by atoms with Crippen LogP contribution >= 0.6 is 35.1 Å². The molecule has 0 saturated heterocycles. The molecule has 0 heterocycles. The predicted molar refractivity (Wildman–Crippen MR) is 72.6 cm³/mol. The summed E-state index contributed by atoms with van der Waals surface area (Å²) in [4.78, 5) is 2.47. The van der Waals surface area contributed by atoms with Crippen molar-refractivity contribution in [1.29, 1.82) is 0 Å². The van der Waals surface area contributed by atoms with E-state index in [1.54, 1.807) is 23.5 Å². The third kappa shape index (κ3) is 3.59. The van der Waals surface area contributed by atoms with E-state index in [4.69, 9.17) is 11.6 Å². The summed E-state index contributed by atoms with van der Waals surface area (Å²) in [7, 11) is 1.97. The SMILES string of the molecule is CNCCc1cc(Cl)c(SC)c(SC)c1. The summed E-state index contributed by atoms with van der Waals surface area (Å²) >= 11 is 9.70. The van der Waals surface area contributed by atoms with E-state index in [-0.39, 0.29) is 0 Å². The van der Waals surface area contributed by atoms with Crippen LogP contribution in [0.15, 0.2) is 21.9 Å². The topological polar surface area (TPSA) is 12.0 Å². The van der Waals surface area contributed by atoms with Crippen molar-refractivity contribution in [1.82, 2.24) is 5.32 Å². The van der Waals surface area contributed by atoms with Gasteiger partial charge in [-0.1, -0.05) is 11.6 Å². The molecule has 0 saturated carbocycles. The van der Waals surface area contributed by atoms with Gasteiger partial charge in [-0.3, -0.25) is 0 Å². The van der Waals surface area contributed by atoms with Crippen LogP contribution in [-0.2, 0) is 6.42 Å². The molecule has 0 unspecified atom stereocenters. The first-order valence-electron chi connectivity index (χ1n) is 4.78. The Kier molecular flexibility index (Phi) is 5.90. The molecule has 0 aromatic heterocycles. The number of hydrogen-bond donors (Lipinski definition) is 1. The average Bonchev–Trinajstić information content (AvgIpc) is 2.25. The molecule has 0 fully saturated rings. The number of thioether (sulfide) groups is 2. The van der Waals surface area contributed by atoms with Crippen LogP contribution in [0.3, 0.4) is 0 Å². The van der Waals surface area contributed by atoms with Gasteiger partial charge < -0.3 is 5.32 Å². The van der Waals surface area contributed by atoms with E-state index in [0.717, 1.165) is 18.0 Å². The van der Waals surface area contributed by atoms with Crippen molar-refractivity contribution in [2.45, 2.75) is 16.2 Å². The van der Waals surface area contributed by atoms with Crippen LogP contribution in [-0.4, -0.2) is 26.1 Å². The van der Waals surface area contributed by atoms with Crippen LogP contribution in [0.1, 0.15) is 5.56 Å². The molecule has 0 spiro atoms. The molecule has 1 aromatic carbocycles. The Morgan fingerprint density at radius 1 is 1.27 bits per heavy atom. The van der Waals surface area contributed by atoms with Gasteiger partial charge in [0.25, 0.3) is 0 Å². The van der Waals surface area contributed by atoms with E-state index in [1.165, 1.54) is 15.4 Å². The zero-order valence-electron chi connectivity index (χ0n) is 9.26. The lowest BCUT2D eigenvalue weighted by Crippen LogP contribution is -2.10. The van der Waals surface area contributed by atoms with Gasteiger partial charge in [-0.2, -0.15) is 0 Å². The number of halogens is 1. The summed E-state index contributed by atoms with van der Waals surface area (Å²) in [5.41, 5.74) is 1.30. The molecule has 4 heteroatoms. The minimum Gasteiger partial charge on any atom is -0.319 e. The normalized spacial score (nSPS) is 10.7. The summed E-state index contributed by atoms with van der Waals surface area (Å²) < 4.78 is 0. The number of likely N-dealkylation sites (N-methyl/N-ethyl adjacent to an activating group) is 1. The highest BCUT2D eigenvalue weighted by Crippen LogP contribution is 2.35. The summed E-state index contributed by atoms with van der Waals surface area (Å²) in [6.45, 7) is 0.989. The summed E-state index contributed by atoms with van der Waals surface area (Å²) in [6.07, 6.45) is 5.18. The molecule has 0 aliphatic carbocycles. The monoisotopic (exact) mass is 261 g/mol. The number of rotatable bonds is 5. The Bertz CT molecular complexity index is 329. The van der Waals surface area contributed by atoms with Crippen molar-refractivity contribution in [3.05, 3.63) is 22.7 Å². The van der Waals surface area contributed by atoms with Crippen LogP contribution in [0, 0.1) is 0 Å². The minimum atomic E-state index is 0.875. The zero-order chi connectivity index (χ0) is 11.3. The molecule has 84 valence electrons. The van der Waals surface area contributed by atoms with Gasteiger partial charge in [0.15, 0.2) is 0 Å². The fourth-order valence-corrected chi connectivity index (χ4v) is 3.49. The molecule has 0 aliphatic rings. The predicted octanol–water partition coefficient (Wildman–Crippen LogP) is 3.55. The van der Waals surface area contributed by atoms with Crippen molar-refractivity contribution in [2.24, 2.45) is 0 Å². The van der Waals surface area contributed by atoms with Crippen LogP contribution in [0.25, 0.3) is 0 Å². The fourth-order valence-electron chi connectivity index (χ4n) is 1.39. The van der Waals surface area contributed by atoms with Crippen molar-refractivity contribution < 1.29 is 0 Å². The van der Waals surface area contributed by atoms with E-state index >= 15 is 0 Å². The molecule has 1 aromatic rings. The van der Waals surface area contributed by atoms with Crippen molar-refractivity contribution in [3.63, 3.8) is 0 Å². The third-order valence-electron chi connectivity index (χ3n) is 2.16. The molecular weight excluding hydrogens is 246 g/mol. The van der Waals surface area contributed by atoms with Gasteiger partial charge in [0.2, 0.25) is 0 Å². The van der Waals surface area contributed by atoms with E-state index in [1.807, 2.05) is 7.05 Å². The third-order valence-corrected chi connectivity index (χ3v) is 4.31. The first kappa shape index (κ1) is 13.2. The quantitative estimate of drug-likeness (QED) is 0.815. The average molecular weight is 262 g/mol. The Balaban J connectivity index is 2.97. The molecule has 0 amide bonds. The first-order valence-corrected chi connectivity index (χ1v) is 7.60. The second kappa shape index (κ2) is 6.69. The Morgan fingerprint density at radius 2 is 2.00 bits per heavy atom. The van der Waals surface area contributed by atoms with Crippen LogP contribution in [0.4, 0.5) is 0 Å². The molecule has 1 rings (SSSR count). The smallest absolute Gasteiger partial charge is 0.0555 e. The minimum absolute atomic E-state index is 0.875. The Labute approximate surface area is 105 Å². The van der Waals surface area contributed by atoms with Gasteiger partial charge in [-0.05, 0) is 50.2 Å².